The SMILES string of the molecule is O=C(CSCCc1nc(C(=O)O)cs1)Nc1ccccc1. The first-order valence-corrected chi connectivity index (χ1v) is 8.29. The second-order valence-electron chi connectivity index (χ2n) is 4.15. The molecule has 1 amide bonds. The zero-order chi connectivity index (χ0) is 15.1. The normalized spacial score (nSPS) is 10.3. The monoisotopic (exact) mass is 322 g/mol. The number of aromatic nitrogens is 1. The summed E-state index contributed by atoms with van der Waals surface area (Å²) in [5.74, 6) is 0.0462. The van der Waals surface area contributed by atoms with Gasteiger partial charge in [0.1, 0.15) is 0 Å². The van der Waals surface area contributed by atoms with E-state index in [0.29, 0.717) is 12.2 Å². The van der Waals surface area contributed by atoms with E-state index in [1.165, 1.54) is 28.5 Å². The van der Waals surface area contributed by atoms with Crippen molar-refractivity contribution >= 4 is 40.7 Å². The number of nitrogens with zero attached hydrogens (tertiary/aromatic N) is 1. The van der Waals surface area contributed by atoms with Crippen LogP contribution in [0.2, 0.25) is 0 Å². The molecular weight excluding hydrogens is 308 g/mol. The van der Waals surface area contributed by atoms with Gasteiger partial charge in [-0.15, -0.1) is 11.3 Å². The topological polar surface area (TPSA) is 79.3 Å². The third-order valence-corrected chi connectivity index (χ3v) is 4.39. The molecular formula is C14H14N2O3S2. The lowest BCUT2D eigenvalue weighted by Gasteiger charge is -2.04. The van der Waals surface area contributed by atoms with Gasteiger partial charge in [-0.2, -0.15) is 11.8 Å². The summed E-state index contributed by atoms with van der Waals surface area (Å²) >= 11 is 2.83. The average molecular weight is 322 g/mol. The lowest BCUT2D eigenvalue weighted by Crippen LogP contribution is -2.14. The highest BCUT2D eigenvalue weighted by Gasteiger charge is 2.08. The minimum Gasteiger partial charge on any atom is -0.476 e. The molecule has 5 nitrogen and oxygen atoms in total. The Morgan fingerprint density at radius 3 is 2.71 bits per heavy atom. The predicted molar refractivity (Wildman–Crippen MR) is 85.2 cm³/mol. The van der Waals surface area contributed by atoms with Crippen LogP contribution in [0.4, 0.5) is 5.69 Å². The van der Waals surface area contributed by atoms with E-state index in [2.05, 4.69) is 10.3 Å². The van der Waals surface area contributed by atoms with E-state index >= 15 is 0 Å². The smallest absolute Gasteiger partial charge is 0.355 e. The number of carboxylic acids is 1. The number of anilines is 1. The largest absolute Gasteiger partial charge is 0.476 e. The third-order valence-electron chi connectivity index (χ3n) is 2.52. The lowest BCUT2D eigenvalue weighted by atomic mass is 10.3. The molecule has 110 valence electrons. The number of nitrogens with one attached hydrogen (secondary N) is 1. The summed E-state index contributed by atoms with van der Waals surface area (Å²) in [6.07, 6.45) is 0.668. The summed E-state index contributed by atoms with van der Waals surface area (Å²) in [5, 5.41) is 13.9. The lowest BCUT2D eigenvalue weighted by molar-refractivity contribution is -0.113. The molecule has 2 N–H and O–H groups in total. The summed E-state index contributed by atoms with van der Waals surface area (Å²) < 4.78 is 0. The first-order valence-electron chi connectivity index (χ1n) is 6.25. The van der Waals surface area contributed by atoms with Gasteiger partial charge >= 0.3 is 5.97 Å². The molecule has 0 aliphatic rings. The summed E-state index contributed by atoms with van der Waals surface area (Å²) in [5.41, 5.74) is 0.871. The number of rotatable bonds is 7. The number of hydrogen-bond acceptors (Lipinski definition) is 5. The summed E-state index contributed by atoms with van der Waals surface area (Å²) in [7, 11) is 0. The molecule has 1 heterocycles. The Labute approximate surface area is 130 Å². The number of carboxylic acid groups (broad SMARTS) is 1. The highest BCUT2D eigenvalue weighted by atomic mass is 32.2. The molecule has 0 saturated heterocycles. The molecule has 0 spiro atoms. The highest BCUT2D eigenvalue weighted by Crippen LogP contribution is 2.13. The fraction of sp³-hybridized carbons (Fsp3) is 0.214. The Morgan fingerprint density at radius 1 is 1.29 bits per heavy atom. The van der Waals surface area contributed by atoms with Crippen LogP contribution in [0.3, 0.4) is 0 Å². The maximum absolute atomic E-state index is 11.7. The molecule has 0 atom stereocenters. The van der Waals surface area contributed by atoms with Gasteiger partial charge in [0.15, 0.2) is 5.69 Å². The average Bonchev–Trinajstić information content (AvgIpc) is 2.94. The van der Waals surface area contributed by atoms with Crippen molar-refractivity contribution in [3.05, 3.63) is 46.4 Å². The summed E-state index contributed by atoms with van der Waals surface area (Å²) in [4.78, 5) is 26.4. The van der Waals surface area contributed by atoms with Crippen molar-refractivity contribution in [1.29, 1.82) is 0 Å². The number of para-hydroxylation sites is 1. The van der Waals surface area contributed by atoms with E-state index in [1.807, 2.05) is 30.3 Å². The number of thioether (sulfide) groups is 1. The van der Waals surface area contributed by atoms with Gasteiger partial charge in [-0.25, -0.2) is 9.78 Å². The molecule has 0 bridgehead atoms. The number of thiazole rings is 1. The first-order chi connectivity index (χ1) is 10.1. The maximum atomic E-state index is 11.7. The zero-order valence-corrected chi connectivity index (χ0v) is 12.7. The van der Waals surface area contributed by atoms with Gasteiger partial charge in [0.2, 0.25) is 5.91 Å². The van der Waals surface area contributed by atoms with Crippen LogP contribution < -0.4 is 5.32 Å². The summed E-state index contributed by atoms with van der Waals surface area (Å²) in [6, 6.07) is 9.30. The van der Waals surface area contributed by atoms with Gasteiger partial charge < -0.3 is 10.4 Å². The van der Waals surface area contributed by atoms with Crippen LogP contribution in [0.5, 0.6) is 0 Å². The fourth-order valence-electron chi connectivity index (χ4n) is 1.57. The number of amides is 1. The number of aryl methyl sites for hydroxylation is 1. The van der Waals surface area contributed by atoms with Crippen molar-refractivity contribution in [3.63, 3.8) is 0 Å². The Morgan fingerprint density at radius 2 is 2.05 bits per heavy atom. The van der Waals surface area contributed by atoms with Crippen molar-refractivity contribution in [2.24, 2.45) is 0 Å². The zero-order valence-electron chi connectivity index (χ0n) is 11.1. The third kappa shape index (κ3) is 5.20. The first kappa shape index (κ1) is 15.5. The number of benzene rings is 1. The number of carbonyl (C=O) groups is 2. The number of hydrogen-bond donors (Lipinski definition) is 2. The van der Waals surface area contributed by atoms with E-state index < -0.39 is 5.97 Å². The van der Waals surface area contributed by atoms with Crippen molar-refractivity contribution in [2.45, 2.75) is 6.42 Å². The molecule has 7 heteroatoms. The van der Waals surface area contributed by atoms with Gasteiger partial charge in [-0.05, 0) is 12.1 Å². The van der Waals surface area contributed by atoms with Gasteiger partial charge in [0, 0.05) is 23.2 Å². The Kier molecular flexibility index (Phi) is 5.77. The molecule has 2 aromatic rings. The summed E-state index contributed by atoms with van der Waals surface area (Å²) in [6.45, 7) is 0. The molecule has 0 aliphatic heterocycles. The molecule has 0 radical (unpaired) electrons. The van der Waals surface area contributed by atoms with Gasteiger partial charge in [0.05, 0.1) is 10.8 Å². The highest BCUT2D eigenvalue weighted by molar-refractivity contribution is 7.99. The van der Waals surface area contributed by atoms with Crippen LogP contribution in [-0.4, -0.2) is 33.5 Å². The predicted octanol–water partition coefficient (Wildman–Crippen LogP) is 2.76. The Balaban J connectivity index is 1.67. The van der Waals surface area contributed by atoms with Crippen LogP contribution >= 0.6 is 23.1 Å². The van der Waals surface area contributed by atoms with Crippen LogP contribution in [0, 0.1) is 0 Å². The molecule has 2 rings (SSSR count). The number of carbonyl (C=O) groups excluding carboxylic acids is 1. The van der Waals surface area contributed by atoms with Gasteiger partial charge in [-0.1, -0.05) is 18.2 Å². The quantitative estimate of drug-likeness (QED) is 0.766. The van der Waals surface area contributed by atoms with Crippen molar-refractivity contribution in [2.75, 3.05) is 16.8 Å². The molecule has 1 aromatic heterocycles. The fourth-order valence-corrected chi connectivity index (χ4v) is 3.21. The number of aromatic carboxylic acids is 1. The molecule has 0 saturated carbocycles. The van der Waals surface area contributed by atoms with Crippen LogP contribution in [0.1, 0.15) is 15.5 Å². The molecule has 21 heavy (non-hydrogen) atoms. The van der Waals surface area contributed by atoms with Crippen LogP contribution in [0.25, 0.3) is 0 Å². The van der Waals surface area contributed by atoms with E-state index in [1.54, 1.807) is 0 Å². The molecule has 1 aromatic carbocycles. The van der Waals surface area contributed by atoms with Crippen LogP contribution in [0.15, 0.2) is 35.7 Å². The molecule has 0 unspecified atom stereocenters. The van der Waals surface area contributed by atoms with Gasteiger partial charge in [0.25, 0.3) is 0 Å². The Bertz CT molecular complexity index is 614. The standard InChI is InChI=1S/C14H14N2O3S2/c17-12(15-10-4-2-1-3-5-10)9-20-7-6-13-16-11(8-21-13)14(18)19/h1-5,8H,6-7,9H2,(H,15,17)(H,18,19). The maximum Gasteiger partial charge on any atom is 0.355 e. The van der Waals surface area contributed by atoms with Gasteiger partial charge in [-0.3, -0.25) is 4.79 Å². The van der Waals surface area contributed by atoms with Crippen molar-refractivity contribution in [3.8, 4) is 0 Å². The molecule has 0 fully saturated rings. The van der Waals surface area contributed by atoms with Crippen molar-refractivity contribution < 1.29 is 14.7 Å². The van der Waals surface area contributed by atoms with Crippen molar-refractivity contribution in [1.82, 2.24) is 4.98 Å². The van der Waals surface area contributed by atoms with E-state index in [4.69, 9.17) is 5.11 Å². The minimum atomic E-state index is -1.01. The molecule has 0 aliphatic carbocycles. The minimum absolute atomic E-state index is 0.0448. The van der Waals surface area contributed by atoms with E-state index in [9.17, 15) is 9.59 Å². The van der Waals surface area contributed by atoms with E-state index in [0.717, 1.165) is 16.4 Å². The Hall–Kier alpha value is -1.86. The van der Waals surface area contributed by atoms with E-state index in [-0.39, 0.29) is 11.6 Å². The second kappa shape index (κ2) is 7.80. The van der Waals surface area contributed by atoms with Crippen LogP contribution in [-0.2, 0) is 11.2 Å². The second-order valence-corrected chi connectivity index (χ2v) is 6.20.